The summed E-state index contributed by atoms with van der Waals surface area (Å²) in [6.45, 7) is 2.81. The van der Waals surface area contributed by atoms with Crippen LogP contribution in [0.3, 0.4) is 0 Å². The number of carboxylic acids is 1. The molecular weight excluding hydrogens is 244 g/mol. The Labute approximate surface area is 112 Å². The average molecular weight is 262 g/mol. The zero-order valence-corrected chi connectivity index (χ0v) is 10.8. The summed E-state index contributed by atoms with van der Waals surface area (Å²) in [6, 6.07) is 1.48. The fourth-order valence-corrected chi connectivity index (χ4v) is 2.91. The Morgan fingerprint density at radius 3 is 2.63 bits per heavy atom. The highest BCUT2D eigenvalue weighted by Gasteiger charge is 2.31. The molecule has 1 atom stereocenters. The number of carboxylic acid groups (broad SMARTS) is 1. The molecule has 0 amide bonds. The van der Waals surface area contributed by atoms with E-state index in [0.717, 1.165) is 37.7 Å². The maximum absolute atomic E-state index is 11.2. The third kappa shape index (κ3) is 2.34. The standard InChI is InChI=1S/C13H18N4O2/c18-13(19)10-4-3-7-17(10)12-8-11(14-9-15-12)16-5-1-2-6-16/h8-10H,1-7H2,(H,18,19)/t10-/m1/s1. The second kappa shape index (κ2) is 5.03. The fourth-order valence-electron chi connectivity index (χ4n) is 2.91. The van der Waals surface area contributed by atoms with E-state index in [1.165, 1.54) is 12.8 Å². The molecule has 1 aromatic heterocycles. The molecule has 3 rings (SSSR count). The van der Waals surface area contributed by atoms with Crippen molar-refractivity contribution in [2.45, 2.75) is 31.7 Å². The van der Waals surface area contributed by atoms with E-state index in [1.807, 2.05) is 11.0 Å². The Morgan fingerprint density at radius 1 is 1.16 bits per heavy atom. The van der Waals surface area contributed by atoms with E-state index < -0.39 is 12.0 Å². The van der Waals surface area contributed by atoms with Crippen molar-refractivity contribution < 1.29 is 9.90 Å². The van der Waals surface area contributed by atoms with E-state index in [0.29, 0.717) is 6.42 Å². The topological polar surface area (TPSA) is 69.6 Å². The zero-order chi connectivity index (χ0) is 13.2. The van der Waals surface area contributed by atoms with Crippen molar-refractivity contribution in [3.63, 3.8) is 0 Å². The molecule has 0 aliphatic carbocycles. The number of anilines is 2. The van der Waals surface area contributed by atoms with Gasteiger partial charge in [-0.25, -0.2) is 14.8 Å². The molecule has 0 radical (unpaired) electrons. The van der Waals surface area contributed by atoms with Crippen molar-refractivity contribution in [1.82, 2.24) is 9.97 Å². The van der Waals surface area contributed by atoms with Gasteiger partial charge in [0.1, 0.15) is 24.0 Å². The Bertz CT molecular complexity index is 473. The van der Waals surface area contributed by atoms with Crippen LogP contribution < -0.4 is 9.80 Å². The van der Waals surface area contributed by atoms with E-state index in [9.17, 15) is 9.90 Å². The van der Waals surface area contributed by atoms with Gasteiger partial charge in [0.25, 0.3) is 0 Å². The summed E-state index contributed by atoms with van der Waals surface area (Å²) in [6.07, 6.45) is 5.53. The first kappa shape index (κ1) is 12.2. The largest absolute Gasteiger partial charge is 0.480 e. The van der Waals surface area contributed by atoms with Crippen molar-refractivity contribution in [3.8, 4) is 0 Å². The number of nitrogens with zero attached hydrogens (tertiary/aromatic N) is 4. The molecule has 19 heavy (non-hydrogen) atoms. The van der Waals surface area contributed by atoms with Crippen LogP contribution in [0.2, 0.25) is 0 Å². The summed E-state index contributed by atoms with van der Waals surface area (Å²) in [5.74, 6) is 0.888. The number of aromatic nitrogens is 2. The lowest BCUT2D eigenvalue weighted by atomic mass is 10.2. The third-order valence-corrected chi connectivity index (χ3v) is 3.90. The van der Waals surface area contributed by atoms with Gasteiger partial charge < -0.3 is 14.9 Å². The van der Waals surface area contributed by atoms with Gasteiger partial charge in [-0.2, -0.15) is 0 Å². The molecule has 0 unspecified atom stereocenters. The van der Waals surface area contributed by atoms with Crippen LogP contribution in [0.25, 0.3) is 0 Å². The maximum Gasteiger partial charge on any atom is 0.326 e. The summed E-state index contributed by atoms with van der Waals surface area (Å²) in [4.78, 5) is 23.9. The van der Waals surface area contributed by atoms with E-state index in [-0.39, 0.29) is 0 Å². The third-order valence-electron chi connectivity index (χ3n) is 3.90. The normalized spacial score (nSPS) is 23.1. The molecule has 2 fully saturated rings. The summed E-state index contributed by atoms with van der Waals surface area (Å²) in [7, 11) is 0. The van der Waals surface area contributed by atoms with Crippen molar-refractivity contribution in [2.75, 3.05) is 29.4 Å². The summed E-state index contributed by atoms with van der Waals surface area (Å²) >= 11 is 0. The molecule has 1 N–H and O–H groups in total. The van der Waals surface area contributed by atoms with Crippen molar-refractivity contribution in [1.29, 1.82) is 0 Å². The number of hydrogen-bond donors (Lipinski definition) is 1. The Balaban J connectivity index is 1.84. The fraction of sp³-hybridized carbons (Fsp3) is 0.615. The minimum absolute atomic E-state index is 0.443. The van der Waals surface area contributed by atoms with Gasteiger partial charge in [-0.1, -0.05) is 0 Å². The molecule has 0 bridgehead atoms. The molecule has 0 spiro atoms. The number of hydrogen-bond acceptors (Lipinski definition) is 5. The van der Waals surface area contributed by atoms with Gasteiger partial charge in [0.05, 0.1) is 0 Å². The first-order chi connectivity index (χ1) is 9.25. The summed E-state index contributed by atoms with van der Waals surface area (Å²) in [5, 5.41) is 9.23. The molecule has 2 aliphatic rings. The van der Waals surface area contributed by atoms with Gasteiger partial charge in [-0.3, -0.25) is 0 Å². The molecule has 0 aromatic carbocycles. The second-order valence-electron chi connectivity index (χ2n) is 5.12. The van der Waals surface area contributed by atoms with E-state index in [4.69, 9.17) is 0 Å². The Hall–Kier alpha value is -1.85. The molecule has 2 aliphatic heterocycles. The van der Waals surface area contributed by atoms with Crippen molar-refractivity contribution >= 4 is 17.6 Å². The molecule has 1 aromatic rings. The quantitative estimate of drug-likeness (QED) is 0.880. The van der Waals surface area contributed by atoms with E-state index >= 15 is 0 Å². The van der Waals surface area contributed by atoms with Crippen LogP contribution in [0, 0.1) is 0 Å². The van der Waals surface area contributed by atoms with Gasteiger partial charge in [-0.15, -0.1) is 0 Å². The summed E-state index contributed by atoms with van der Waals surface area (Å²) < 4.78 is 0. The number of rotatable bonds is 3. The highest BCUT2D eigenvalue weighted by molar-refractivity contribution is 5.78. The highest BCUT2D eigenvalue weighted by Crippen LogP contribution is 2.27. The van der Waals surface area contributed by atoms with Crippen LogP contribution in [-0.2, 0) is 4.79 Å². The summed E-state index contributed by atoms with van der Waals surface area (Å²) in [5.41, 5.74) is 0. The van der Waals surface area contributed by atoms with Gasteiger partial charge in [-0.05, 0) is 25.7 Å². The lowest BCUT2D eigenvalue weighted by molar-refractivity contribution is -0.138. The van der Waals surface area contributed by atoms with Crippen molar-refractivity contribution in [3.05, 3.63) is 12.4 Å². The van der Waals surface area contributed by atoms with Crippen LogP contribution >= 0.6 is 0 Å². The maximum atomic E-state index is 11.2. The molecular formula is C13H18N4O2. The molecule has 3 heterocycles. The molecule has 6 heteroatoms. The van der Waals surface area contributed by atoms with Gasteiger partial charge in [0, 0.05) is 25.7 Å². The highest BCUT2D eigenvalue weighted by atomic mass is 16.4. The second-order valence-corrected chi connectivity index (χ2v) is 5.12. The Kier molecular flexibility index (Phi) is 3.23. The van der Waals surface area contributed by atoms with Gasteiger partial charge >= 0.3 is 5.97 Å². The van der Waals surface area contributed by atoms with Crippen LogP contribution in [0.1, 0.15) is 25.7 Å². The molecule has 2 saturated heterocycles. The average Bonchev–Trinajstić information content (AvgIpc) is 3.10. The van der Waals surface area contributed by atoms with Crippen LogP contribution in [0.15, 0.2) is 12.4 Å². The van der Waals surface area contributed by atoms with Crippen LogP contribution in [0.5, 0.6) is 0 Å². The number of carbonyl (C=O) groups is 1. The Morgan fingerprint density at radius 2 is 1.89 bits per heavy atom. The molecule has 6 nitrogen and oxygen atoms in total. The lowest BCUT2D eigenvalue weighted by Crippen LogP contribution is -2.36. The number of aliphatic carboxylic acids is 1. The van der Waals surface area contributed by atoms with Crippen molar-refractivity contribution in [2.24, 2.45) is 0 Å². The molecule has 0 saturated carbocycles. The monoisotopic (exact) mass is 262 g/mol. The smallest absolute Gasteiger partial charge is 0.326 e. The first-order valence-corrected chi connectivity index (χ1v) is 6.82. The first-order valence-electron chi connectivity index (χ1n) is 6.82. The SMILES string of the molecule is O=C(O)[C@H]1CCCN1c1cc(N2CCCC2)ncn1. The minimum atomic E-state index is -0.765. The minimum Gasteiger partial charge on any atom is -0.480 e. The van der Waals surface area contributed by atoms with Gasteiger partial charge in [0.2, 0.25) is 0 Å². The van der Waals surface area contributed by atoms with E-state index in [1.54, 1.807) is 6.33 Å². The predicted molar refractivity (Wildman–Crippen MR) is 71.5 cm³/mol. The van der Waals surface area contributed by atoms with E-state index in [2.05, 4.69) is 14.9 Å². The zero-order valence-electron chi connectivity index (χ0n) is 10.8. The lowest BCUT2D eigenvalue weighted by Gasteiger charge is -2.24. The van der Waals surface area contributed by atoms with Crippen LogP contribution in [0.4, 0.5) is 11.6 Å². The molecule has 102 valence electrons. The van der Waals surface area contributed by atoms with Gasteiger partial charge in [0.15, 0.2) is 0 Å². The van der Waals surface area contributed by atoms with Crippen LogP contribution in [-0.4, -0.2) is 46.7 Å². The predicted octanol–water partition coefficient (Wildman–Crippen LogP) is 1.13.